The Balaban J connectivity index is 0.000000132. The van der Waals surface area contributed by atoms with E-state index in [-0.39, 0.29) is 0 Å². The minimum atomic E-state index is -2.55. The summed E-state index contributed by atoms with van der Waals surface area (Å²) in [6, 6.07) is 108. The zero-order valence-corrected chi connectivity index (χ0v) is 50.2. The van der Waals surface area contributed by atoms with Gasteiger partial charge in [0.25, 0.3) is 0 Å². The molecule has 0 spiro atoms. The summed E-state index contributed by atoms with van der Waals surface area (Å²) in [6.45, 7) is 0. The van der Waals surface area contributed by atoms with E-state index in [9.17, 15) is 10.0 Å². The van der Waals surface area contributed by atoms with Gasteiger partial charge in [-0.1, -0.05) is 315 Å². The molecule has 0 bridgehead atoms. The highest BCUT2D eigenvalue weighted by Gasteiger charge is 2.50. The van der Waals surface area contributed by atoms with Gasteiger partial charge < -0.3 is 10.0 Å². The molecule has 2 aliphatic rings. The van der Waals surface area contributed by atoms with Crippen molar-refractivity contribution in [3.63, 3.8) is 0 Å². The third-order valence-corrected chi connectivity index (χ3v) is 26.8. The summed E-state index contributed by atoms with van der Waals surface area (Å²) in [7, 11) is -6.33. The molecule has 80 heavy (non-hydrogen) atoms. The number of hydrogen-bond acceptors (Lipinski definition) is 2. The van der Waals surface area contributed by atoms with Crippen molar-refractivity contribution < 1.29 is 10.0 Å². The highest BCUT2D eigenvalue weighted by atomic mass is 79.9. The van der Waals surface area contributed by atoms with Gasteiger partial charge in [0.2, 0.25) is 0 Å². The number of hydrogen-bond donors (Lipinski definition) is 2. The fraction of sp³-hybridized carbons (Fsp3) is 0. The first-order valence-corrected chi connectivity index (χ1v) is 33.1. The van der Waals surface area contributed by atoms with E-state index in [4.69, 9.17) is 0 Å². The molecule has 12 aromatic rings. The van der Waals surface area contributed by atoms with E-state index >= 15 is 0 Å². The third-order valence-electron chi connectivity index (χ3n) is 15.6. The van der Waals surface area contributed by atoms with Crippen molar-refractivity contribution in [2.75, 3.05) is 0 Å². The second-order valence-electron chi connectivity index (χ2n) is 20.0. The van der Waals surface area contributed by atoms with Crippen LogP contribution in [0.3, 0.4) is 0 Å². The van der Waals surface area contributed by atoms with Gasteiger partial charge >= 0.3 is 7.12 Å². The molecule has 0 amide bonds. The van der Waals surface area contributed by atoms with Crippen molar-refractivity contribution >= 4 is 118 Å². The molecule has 0 unspecified atom stereocenters. The number of halogens is 3. The third kappa shape index (κ3) is 9.79. The summed E-state index contributed by atoms with van der Waals surface area (Å²) in [5.41, 5.74) is 12.8. The minimum Gasteiger partial charge on any atom is -0.423 e. The smallest absolute Gasteiger partial charge is 0.423 e. The Morgan fingerprint density at radius 2 is 0.512 bits per heavy atom. The maximum absolute atomic E-state index is 9.22. The van der Waals surface area contributed by atoms with Crippen molar-refractivity contribution in [3.8, 4) is 55.6 Å². The normalized spacial score (nSPS) is 12.8. The van der Waals surface area contributed by atoms with Gasteiger partial charge in [-0.15, -0.1) is 0 Å². The summed E-state index contributed by atoms with van der Waals surface area (Å²) >= 11 is 11.3. The standard InChI is InChI=1S/C36H25BrSi.C24H16Br2Si.C12H11BO2/c37-28-21-23-34-33-22-20-27(32-19-11-10-18-31(32)26-12-4-1-5-13-26)24-35(33)38(36(34)25-28,29-14-6-2-7-15-29)30-16-8-3-9-17-30;25-17-11-13-21-22-14-12-18(26)16-24(22)27(23(21)15-17,19-7-3-1-4-8-19)20-9-5-2-6-10-20;14-13(15)12-9-5-4-8-11(12)10-6-2-1-3-7-10/h1-25H;1-16H;1-9,14-15H. The van der Waals surface area contributed by atoms with E-state index in [0.29, 0.717) is 5.46 Å². The van der Waals surface area contributed by atoms with Crippen LogP contribution in [0.5, 0.6) is 0 Å². The molecule has 2 heterocycles. The first-order valence-electron chi connectivity index (χ1n) is 26.7. The van der Waals surface area contributed by atoms with Gasteiger partial charge in [0, 0.05) is 13.4 Å². The molecular formula is C72H52BBr3O2Si2. The Bertz CT molecular complexity index is 4000. The SMILES string of the molecule is Brc1ccc2c(c1)[Si](c1ccccc1)(c1ccccc1)c1cc(-c3ccccc3-c3ccccc3)ccc1-2.Brc1ccc2c(c1)[Si](c1ccccc1)(c1ccccc1)c1cc(Br)ccc1-2.OB(O)c1ccccc1-c1ccccc1. The van der Waals surface area contributed by atoms with E-state index in [1.165, 1.54) is 86.0 Å². The van der Waals surface area contributed by atoms with E-state index in [1.807, 2.05) is 42.5 Å². The molecule has 0 aliphatic carbocycles. The van der Waals surface area contributed by atoms with E-state index in [2.05, 4.69) is 297 Å². The van der Waals surface area contributed by atoms with Gasteiger partial charge in [0.1, 0.15) is 0 Å². The summed E-state index contributed by atoms with van der Waals surface area (Å²) < 4.78 is 3.40. The zero-order chi connectivity index (χ0) is 54.6. The van der Waals surface area contributed by atoms with Crippen LogP contribution < -0.4 is 47.0 Å². The molecule has 14 rings (SSSR count). The van der Waals surface area contributed by atoms with Crippen molar-refractivity contribution in [2.45, 2.75) is 0 Å². The van der Waals surface area contributed by atoms with Crippen LogP contribution in [0.2, 0.25) is 0 Å². The predicted octanol–water partition coefficient (Wildman–Crippen LogP) is 12.7. The lowest BCUT2D eigenvalue weighted by Crippen LogP contribution is -2.72. The highest BCUT2D eigenvalue weighted by molar-refractivity contribution is 9.11. The lowest BCUT2D eigenvalue weighted by atomic mass is 9.75. The molecule has 0 saturated heterocycles. The van der Waals surface area contributed by atoms with Crippen molar-refractivity contribution in [1.29, 1.82) is 0 Å². The molecule has 8 heteroatoms. The Labute approximate surface area is 496 Å². The minimum absolute atomic E-state index is 0.531. The topological polar surface area (TPSA) is 40.5 Å². The van der Waals surface area contributed by atoms with Crippen LogP contribution in [-0.2, 0) is 0 Å². The van der Waals surface area contributed by atoms with Crippen LogP contribution >= 0.6 is 47.8 Å². The first-order chi connectivity index (χ1) is 39.3. The molecule has 12 aromatic carbocycles. The maximum atomic E-state index is 9.22. The fourth-order valence-corrected chi connectivity index (χ4v) is 24.5. The lowest BCUT2D eigenvalue weighted by molar-refractivity contribution is 0.426. The summed E-state index contributed by atoms with van der Waals surface area (Å²) in [4.78, 5) is 0. The van der Waals surface area contributed by atoms with Crippen molar-refractivity contribution in [1.82, 2.24) is 0 Å². The van der Waals surface area contributed by atoms with Crippen LogP contribution in [0.15, 0.2) is 317 Å². The maximum Gasteiger partial charge on any atom is 0.489 e. The van der Waals surface area contributed by atoms with Gasteiger partial charge in [0.05, 0.1) is 0 Å². The Hall–Kier alpha value is -7.50. The summed E-state index contributed by atoms with van der Waals surface area (Å²) in [6.07, 6.45) is 0. The molecule has 0 radical (unpaired) electrons. The van der Waals surface area contributed by atoms with Gasteiger partial charge in [0.15, 0.2) is 16.1 Å². The molecule has 2 aliphatic heterocycles. The van der Waals surface area contributed by atoms with Crippen LogP contribution in [0.1, 0.15) is 0 Å². The fourth-order valence-electron chi connectivity index (χ4n) is 12.3. The Morgan fingerprint density at radius 1 is 0.237 bits per heavy atom. The van der Waals surface area contributed by atoms with Gasteiger partial charge in [-0.2, -0.15) is 0 Å². The zero-order valence-electron chi connectivity index (χ0n) is 43.5. The second-order valence-corrected chi connectivity index (χ2v) is 30.2. The molecular weight excluding hydrogens is 1200 g/mol. The highest BCUT2D eigenvalue weighted by Crippen LogP contribution is 2.37. The molecule has 0 saturated carbocycles. The average molecular weight is 1260 g/mol. The number of rotatable bonds is 8. The Kier molecular flexibility index (Phi) is 15.5. The monoisotopic (exact) mass is 1250 g/mol. The van der Waals surface area contributed by atoms with Gasteiger partial charge in [-0.25, -0.2) is 0 Å². The van der Waals surface area contributed by atoms with Crippen LogP contribution in [0.4, 0.5) is 0 Å². The molecule has 384 valence electrons. The lowest BCUT2D eigenvalue weighted by Gasteiger charge is -2.31. The quantitative estimate of drug-likeness (QED) is 0.149. The van der Waals surface area contributed by atoms with Gasteiger partial charge in [-0.3, -0.25) is 0 Å². The molecule has 2 N–H and O–H groups in total. The average Bonchev–Trinajstić information content (AvgIpc) is 4.00. The molecule has 0 atom stereocenters. The predicted molar refractivity (Wildman–Crippen MR) is 354 cm³/mol. The van der Waals surface area contributed by atoms with Crippen LogP contribution in [0, 0.1) is 0 Å². The molecule has 2 nitrogen and oxygen atoms in total. The first kappa shape index (κ1) is 53.2. The van der Waals surface area contributed by atoms with E-state index in [1.54, 1.807) is 12.1 Å². The second kappa shape index (κ2) is 23.3. The van der Waals surface area contributed by atoms with Crippen molar-refractivity contribution in [3.05, 3.63) is 317 Å². The van der Waals surface area contributed by atoms with Crippen molar-refractivity contribution in [2.24, 2.45) is 0 Å². The van der Waals surface area contributed by atoms with Crippen LogP contribution in [0.25, 0.3) is 55.6 Å². The number of benzene rings is 12. The molecule has 0 fully saturated rings. The summed E-state index contributed by atoms with van der Waals surface area (Å²) in [5, 5.41) is 30.0. The van der Waals surface area contributed by atoms with E-state index in [0.717, 1.165) is 24.5 Å². The number of fused-ring (bicyclic) bond motifs is 6. The Morgan fingerprint density at radius 3 is 0.875 bits per heavy atom. The largest absolute Gasteiger partial charge is 0.489 e. The van der Waals surface area contributed by atoms with E-state index < -0.39 is 23.3 Å². The molecule has 0 aromatic heterocycles. The van der Waals surface area contributed by atoms with Crippen LogP contribution in [-0.4, -0.2) is 33.3 Å². The summed E-state index contributed by atoms with van der Waals surface area (Å²) in [5.74, 6) is 0. The van der Waals surface area contributed by atoms with Gasteiger partial charge in [-0.05, 0) is 139 Å².